The Hall–Kier alpha value is -5.92. The van der Waals surface area contributed by atoms with Gasteiger partial charge in [0.2, 0.25) is 11.8 Å². The molecule has 4 aromatic rings. The molecule has 0 bridgehead atoms. The molecule has 14 heteroatoms. The summed E-state index contributed by atoms with van der Waals surface area (Å²) < 4.78 is 3.59. The third kappa shape index (κ3) is 10.5. The highest BCUT2D eigenvalue weighted by Gasteiger charge is 2.18. The normalized spacial score (nSPS) is 11.1. The Kier molecular flexibility index (Phi) is 12.1. The van der Waals surface area contributed by atoms with Crippen molar-refractivity contribution in [2.24, 2.45) is 23.3 Å². The number of nitrogens with one attached hydrogen (secondary N) is 6. The average molecular weight is 683 g/mol. The van der Waals surface area contributed by atoms with Crippen molar-refractivity contribution in [3.05, 3.63) is 72.3 Å². The van der Waals surface area contributed by atoms with E-state index in [1.54, 1.807) is 45.8 Å². The van der Waals surface area contributed by atoms with Crippen LogP contribution < -0.4 is 32.7 Å². The zero-order valence-electron chi connectivity index (χ0n) is 28.9. The Balaban J connectivity index is 1.53. The van der Waals surface area contributed by atoms with Crippen LogP contribution in [0.3, 0.4) is 0 Å². The van der Waals surface area contributed by atoms with Gasteiger partial charge in [-0.3, -0.25) is 30.0 Å². The summed E-state index contributed by atoms with van der Waals surface area (Å²) >= 11 is 0. The number of amides is 4. The summed E-state index contributed by atoms with van der Waals surface area (Å²) in [6, 6.07) is 14.1. The van der Waals surface area contributed by atoms with Crippen molar-refractivity contribution in [2.45, 2.75) is 66.5 Å². The molecule has 0 saturated heterocycles. The lowest BCUT2D eigenvalue weighted by atomic mass is 10.1. The minimum atomic E-state index is -0.441. The number of aromatic nitrogens is 2. The molecule has 264 valence electrons. The Morgan fingerprint density at radius 2 is 1.00 bits per heavy atom. The number of fused-ring (bicyclic) bond motifs is 1. The zero-order chi connectivity index (χ0) is 36.5. The summed E-state index contributed by atoms with van der Waals surface area (Å²) in [5, 5.41) is 27.7. The van der Waals surface area contributed by atoms with Gasteiger partial charge in [-0.1, -0.05) is 39.8 Å². The van der Waals surface area contributed by atoms with E-state index >= 15 is 0 Å². The smallest absolute Gasteiger partial charge is 0.272 e. The monoisotopic (exact) mass is 682 g/mol. The van der Waals surface area contributed by atoms with E-state index < -0.39 is 11.8 Å². The van der Waals surface area contributed by atoms with Gasteiger partial charge in [0, 0.05) is 36.9 Å². The number of hydrogen-bond donors (Lipinski definition) is 8. The third-order valence-corrected chi connectivity index (χ3v) is 7.78. The number of hydrogen-bond acceptors (Lipinski definition) is 6. The number of carbonyl (C=O) groups is 4. The first kappa shape index (κ1) is 36.9. The van der Waals surface area contributed by atoms with Crippen LogP contribution in [-0.4, -0.2) is 44.4 Å². The molecular formula is C36H46N10O4. The summed E-state index contributed by atoms with van der Waals surface area (Å²) in [6.07, 6.45) is 4.55. The molecule has 0 unspecified atom stereocenters. The lowest BCUT2D eigenvalue weighted by Gasteiger charge is -2.13. The number of carbonyl (C=O) groups excluding carboxylic acids is 4. The van der Waals surface area contributed by atoms with E-state index in [-0.39, 0.29) is 36.3 Å². The highest BCUT2D eigenvalue weighted by molar-refractivity contribution is 6.09. The maximum atomic E-state index is 13.5. The number of nitrogens with zero attached hydrogens (tertiary/aromatic N) is 2. The van der Waals surface area contributed by atoms with Gasteiger partial charge in [-0.15, -0.1) is 0 Å². The summed E-state index contributed by atoms with van der Waals surface area (Å²) in [7, 11) is 0. The largest absolute Gasteiger partial charge is 0.387 e. The molecule has 0 spiro atoms. The van der Waals surface area contributed by atoms with Crippen LogP contribution in [0.5, 0.6) is 0 Å². The first-order chi connectivity index (χ1) is 23.7. The number of amidine groups is 2. The van der Waals surface area contributed by atoms with E-state index in [9.17, 15) is 19.2 Å². The summed E-state index contributed by atoms with van der Waals surface area (Å²) in [6.45, 7) is 9.48. The van der Waals surface area contributed by atoms with Crippen molar-refractivity contribution >= 4 is 68.8 Å². The fourth-order valence-corrected chi connectivity index (χ4v) is 5.25. The molecule has 50 heavy (non-hydrogen) atoms. The topological polar surface area (TPSA) is 226 Å². The minimum absolute atomic E-state index is 0.245. The van der Waals surface area contributed by atoms with Gasteiger partial charge < -0.3 is 41.9 Å². The molecule has 4 rings (SSSR count). The molecule has 0 saturated carbocycles. The minimum Gasteiger partial charge on any atom is -0.387 e. The van der Waals surface area contributed by atoms with Gasteiger partial charge in [0.25, 0.3) is 11.8 Å². The lowest BCUT2D eigenvalue weighted by molar-refractivity contribution is -0.116. The van der Waals surface area contributed by atoms with Crippen molar-refractivity contribution in [3.63, 3.8) is 0 Å². The molecule has 0 radical (unpaired) electrons. The molecule has 2 aromatic carbocycles. The van der Waals surface area contributed by atoms with Crippen molar-refractivity contribution in [3.8, 4) is 0 Å². The van der Waals surface area contributed by atoms with Gasteiger partial charge in [-0.2, -0.15) is 0 Å². The Morgan fingerprint density at radius 1 is 0.600 bits per heavy atom. The van der Waals surface area contributed by atoms with Crippen molar-refractivity contribution in [1.29, 1.82) is 10.8 Å². The average Bonchev–Trinajstić information content (AvgIpc) is 3.61. The SMILES string of the molecule is CC(C)CCn1cc(NC(=O)CC(=N)N)cc1C(=O)Nc1ccc2ccc(NC(=O)c3cc(NC(=O)CC(=N)N)cn3CCC(C)C)cc2c1. The number of nitrogens with two attached hydrogens (primary N) is 2. The van der Waals surface area contributed by atoms with Crippen LogP contribution in [0, 0.1) is 22.7 Å². The highest BCUT2D eigenvalue weighted by atomic mass is 16.2. The van der Waals surface area contributed by atoms with Crippen LogP contribution in [0.1, 0.15) is 74.4 Å². The van der Waals surface area contributed by atoms with Crippen molar-refractivity contribution in [1.82, 2.24) is 9.13 Å². The third-order valence-electron chi connectivity index (χ3n) is 7.78. The summed E-state index contributed by atoms with van der Waals surface area (Å²) in [4.78, 5) is 51.5. The van der Waals surface area contributed by atoms with Crippen LogP contribution in [0.25, 0.3) is 10.8 Å². The van der Waals surface area contributed by atoms with Gasteiger partial charge in [0.1, 0.15) is 23.1 Å². The second-order valence-corrected chi connectivity index (χ2v) is 13.2. The quantitative estimate of drug-likeness (QED) is 0.0556. The first-order valence-corrected chi connectivity index (χ1v) is 16.5. The predicted octanol–water partition coefficient (Wildman–Crippen LogP) is 5.57. The van der Waals surface area contributed by atoms with Crippen LogP contribution in [0.15, 0.2) is 60.9 Å². The molecule has 14 nitrogen and oxygen atoms in total. The second kappa shape index (κ2) is 16.5. The van der Waals surface area contributed by atoms with Crippen molar-refractivity contribution < 1.29 is 19.2 Å². The van der Waals surface area contributed by atoms with Crippen molar-refractivity contribution in [2.75, 3.05) is 21.3 Å². The maximum absolute atomic E-state index is 13.5. The summed E-state index contributed by atoms with van der Waals surface area (Å²) in [5.41, 5.74) is 13.4. The number of rotatable bonds is 16. The van der Waals surface area contributed by atoms with E-state index in [1.807, 2.05) is 24.3 Å². The number of benzene rings is 2. The number of anilines is 4. The first-order valence-electron chi connectivity index (χ1n) is 16.5. The molecule has 10 N–H and O–H groups in total. The van der Waals surface area contributed by atoms with E-state index in [0.29, 0.717) is 59.1 Å². The molecule has 0 aliphatic rings. The lowest BCUT2D eigenvalue weighted by Crippen LogP contribution is -2.20. The fourth-order valence-electron chi connectivity index (χ4n) is 5.25. The predicted molar refractivity (Wildman–Crippen MR) is 198 cm³/mol. The molecular weight excluding hydrogens is 636 g/mol. The standard InChI is InChI=1S/C36H46N10O4/c1-21(2)9-11-45-19-27(41-33(47)17-31(37)38)15-29(45)35(49)43-25-7-5-23-6-8-26(14-24(23)13-25)44-36(50)30-16-28(42-34(48)18-32(39)40)20-46(30)12-10-22(3)4/h5-8,13-16,19-22H,9-12,17-18H2,1-4H3,(H3,37,38)(H3,39,40)(H,41,47)(H,42,48)(H,43,49)(H,44,50). The number of aryl methyl sites for hydroxylation is 2. The zero-order valence-corrected chi connectivity index (χ0v) is 28.9. The van der Waals surface area contributed by atoms with Crippen LogP contribution in [-0.2, 0) is 22.7 Å². The second-order valence-electron chi connectivity index (χ2n) is 13.2. The van der Waals surface area contributed by atoms with Crippen LogP contribution in [0.4, 0.5) is 22.7 Å². The molecule has 0 atom stereocenters. The van der Waals surface area contributed by atoms with E-state index in [0.717, 1.165) is 23.6 Å². The van der Waals surface area contributed by atoms with E-state index in [1.165, 1.54) is 0 Å². The van der Waals surface area contributed by atoms with Gasteiger partial charge in [0.05, 0.1) is 24.2 Å². The van der Waals surface area contributed by atoms with E-state index in [4.69, 9.17) is 22.3 Å². The van der Waals surface area contributed by atoms with Gasteiger partial charge >= 0.3 is 0 Å². The summed E-state index contributed by atoms with van der Waals surface area (Å²) in [5.74, 6) is -1.33. The highest BCUT2D eigenvalue weighted by Crippen LogP contribution is 2.26. The fraction of sp³-hybridized carbons (Fsp3) is 0.333. The molecule has 0 aliphatic carbocycles. The van der Waals surface area contributed by atoms with Crippen LogP contribution >= 0.6 is 0 Å². The molecule has 2 heterocycles. The Morgan fingerprint density at radius 3 is 1.36 bits per heavy atom. The molecule has 4 amide bonds. The van der Waals surface area contributed by atoms with E-state index in [2.05, 4.69) is 49.0 Å². The Labute approximate surface area is 291 Å². The van der Waals surface area contributed by atoms with Gasteiger partial charge in [-0.25, -0.2) is 0 Å². The molecule has 0 aliphatic heterocycles. The van der Waals surface area contributed by atoms with Crippen LogP contribution in [0.2, 0.25) is 0 Å². The molecule has 2 aromatic heterocycles. The molecule has 0 fully saturated rings. The Bertz CT molecular complexity index is 1790. The van der Waals surface area contributed by atoms with Gasteiger partial charge in [0.15, 0.2) is 0 Å². The maximum Gasteiger partial charge on any atom is 0.272 e. The van der Waals surface area contributed by atoms with Gasteiger partial charge in [-0.05, 0) is 71.8 Å².